The Bertz CT molecular complexity index is 1570. The Morgan fingerprint density at radius 2 is 1.70 bits per heavy atom. The van der Waals surface area contributed by atoms with Crippen molar-refractivity contribution in [1.29, 1.82) is 10.5 Å². The minimum atomic E-state index is -4.74. The van der Waals surface area contributed by atoms with Crippen LogP contribution in [-0.2, 0) is 26.0 Å². The number of benzene rings is 2. The number of aliphatic hydroxyl groups excluding tert-OH is 1. The second-order valence-corrected chi connectivity index (χ2v) is 12.3. The van der Waals surface area contributed by atoms with E-state index in [2.05, 4.69) is 0 Å². The molecule has 2 atom stereocenters. The quantitative estimate of drug-likeness (QED) is 0.593. The fourth-order valence-corrected chi connectivity index (χ4v) is 6.28. The Balaban J connectivity index is 2.40. The molecule has 1 N–H and O–H groups in total. The normalized spacial score (nSPS) is 19.4. The zero-order valence-corrected chi connectivity index (χ0v) is 21.4. The third-order valence-electron chi connectivity index (χ3n) is 5.85. The summed E-state index contributed by atoms with van der Waals surface area (Å²) in [6.07, 6.45) is -6.17. The van der Waals surface area contributed by atoms with Crippen LogP contribution in [0.4, 0.5) is 18.9 Å². The molecule has 1 aliphatic rings. The van der Waals surface area contributed by atoms with Gasteiger partial charge in [-0.25, -0.2) is 16.8 Å². The van der Waals surface area contributed by atoms with Crippen LogP contribution in [0.15, 0.2) is 58.6 Å². The van der Waals surface area contributed by atoms with Gasteiger partial charge in [0.2, 0.25) is 16.4 Å². The molecule has 0 radical (unpaired) electrons. The molecular weight excluding hydrogens is 533 g/mol. The number of nitriles is 2. The number of sulfonamides is 1. The molecule has 9 nitrogen and oxygen atoms in total. The fraction of sp³-hybridized carbons (Fsp3) is 0.304. The molecule has 0 saturated heterocycles. The topological polar surface area (TPSA) is 143 Å². The van der Waals surface area contributed by atoms with Gasteiger partial charge in [0.1, 0.15) is 0 Å². The maximum absolute atomic E-state index is 13.3. The fourth-order valence-electron chi connectivity index (χ4n) is 4.09. The van der Waals surface area contributed by atoms with E-state index in [1.165, 1.54) is 32.0 Å². The molecule has 196 valence electrons. The Morgan fingerprint density at radius 1 is 1.05 bits per heavy atom. The van der Waals surface area contributed by atoms with Crippen molar-refractivity contribution in [3.05, 3.63) is 70.4 Å². The number of allylic oxidation sites excluding steroid dienone is 1. The van der Waals surface area contributed by atoms with Gasteiger partial charge in [0.15, 0.2) is 9.84 Å². The molecule has 1 aliphatic heterocycles. The highest BCUT2D eigenvalue weighted by molar-refractivity contribution is 7.91. The third-order valence-corrected chi connectivity index (χ3v) is 8.79. The zero-order valence-electron chi connectivity index (χ0n) is 19.7. The van der Waals surface area contributed by atoms with Crippen LogP contribution >= 0.6 is 0 Å². The predicted molar refractivity (Wildman–Crippen MR) is 127 cm³/mol. The van der Waals surface area contributed by atoms with Gasteiger partial charge in [-0.2, -0.15) is 23.7 Å². The molecule has 0 aliphatic carbocycles. The summed E-state index contributed by atoms with van der Waals surface area (Å²) in [6, 6.07) is 9.19. The van der Waals surface area contributed by atoms with E-state index in [0.717, 1.165) is 23.1 Å². The Morgan fingerprint density at radius 3 is 2.22 bits per heavy atom. The Hall–Kier alpha value is -3.43. The summed E-state index contributed by atoms with van der Waals surface area (Å²) in [6.45, 7) is 2.64. The van der Waals surface area contributed by atoms with E-state index in [1.807, 2.05) is 6.07 Å². The lowest BCUT2D eigenvalue weighted by Gasteiger charge is -2.45. The first-order valence-electron chi connectivity index (χ1n) is 10.6. The van der Waals surface area contributed by atoms with Gasteiger partial charge in [0.25, 0.3) is 0 Å². The molecule has 37 heavy (non-hydrogen) atoms. The smallest absolute Gasteiger partial charge is 0.360 e. The zero-order chi connectivity index (χ0) is 27.9. The summed E-state index contributed by atoms with van der Waals surface area (Å²) < 4.78 is 92.2. The molecule has 3 rings (SSSR count). The second kappa shape index (κ2) is 9.79. The summed E-state index contributed by atoms with van der Waals surface area (Å²) in [5.41, 5.74) is -1.97. The number of hydrogen-bond donors (Lipinski definition) is 1. The highest BCUT2D eigenvalue weighted by atomic mass is 32.2. The molecule has 0 aromatic heterocycles. The molecule has 2 aromatic carbocycles. The van der Waals surface area contributed by atoms with Crippen molar-refractivity contribution in [3.8, 4) is 12.1 Å². The Labute approximate surface area is 212 Å². The van der Waals surface area contributed by atoms with Crippen molar-refractivity contribution in [1.82, 2.24) is 4.31 Å². The van der Waals surface area contributed by atoms with E-state index < -0.39 is 54.6 Å². The Kier molecular flexibility index (Phi) is 7.45. The molecule has 0 bridgehead atoms. The molecular formula is C23H21F3N4O5S2. The molecule has 0 fully saturated rings. The van der Waals surface area contributed by atoms with Crippen molar-refractivity contribution in [2.45, 2.75) is 37.3 Å². The first kappa shape index (κ1) is 28.1. The number of hydrogen-bond acceptors (Lipinski definition) is 8. The van der Waals surface area contributed by atoms with E-state index in [-0.39, 0.29) is 28.1 Å². The van der Waals surface area contributed by atoms with Crippen molar-refractivity contribution in [2.24, 2.45) is 0 Å². The average Bonchev–Trinajstić information content (AvgIpc) is 2.82. The van der Waals surface area contributed by atoms with E-state index in [4.69, 9.17) is 0 Å². The van der Waals surface area contributed by atoms with Gasteiger partial charge in [0, 0.05) is 11.4 Å². The van der Waals surface area contributed by atoms with E-state index in [9.17, 15) is 45.6 Å². The lowest BCUT2D eigenvalue weighted by atomic mass is 9.94. The van der Waals surface area contributed by atoms with Crippen LogP contribution in [0.2, 0.25) is 0 Å². The molecule has 14 heteroatoms. The largest absolute Gasteiger partial charge is 0.416 e. The standard InChI is InChI=1S/C23H21F3N4O5S2/c1-4-37(34,35)20-10-15(12-27)8-9-18(20)21-19(13-28)14(2)29(22(31)30(21)36(3,32)33)17-7-5-6-16(11-17)23(24,25)26/h5-11,21-22,31H,4H2,1-3H3/t21-,22?/m1/s1. The number of sulfone groups is 1. The van der Waals surface area contributed by atoms with Crippen LogP contribution in [0.1, 0.15) is 36.6 Å². The van der Waals surface area contributed by atoms with Gasteiger partial charge in [-0.3, -0.25) is 0 Å². The second-order valence-electron chi connectivity index (χ2n) is 8.14. The number of aliphatic hydroxyl groups is 1. The maximum atomic E-state index is 13.3. The molecule has 1 heterocycles. The third kappa shape index (κ3) is 5.19. The van der Waals surface area contributed by atoms with Gasteiger partial charge in [0.05, 0.1) is 51.8 Å². The minimum absolute atomic E-state index is 0.0390. The first-order valence-corrected chi connectivity index (χ1v) is 14.1. The van der Waals surface area contributed by atoms with E-state index >= 15 is 0 Å². The monoisotopic (exact) mass is 554 g/mol. The summed E-state index contributed by atoms with van der Waals surface area (Å²) in [4.78, 5) is 0.441. The average molecular weight is 555 g/mol. The van der Waals surface area contributed by atoms with Crippen molar-refractivity contribution < 1.29 is 35.1 Å². The van der Waals surface area contributed by atoms with Crippen LogP contribution < -0.4 is 4.90 Å². The molecule has 1 unspecified atom stereocenters. The highest BCUT2D eigenvalue weighted by Crippen LogP contribution is 2.44. The van der Waals surface area contributed by atoms with Crippen molar-refractivity contribution in [2.75, 3.05) is 16.9 Å². The van der Waals surface area contributed by atoms with Crippen LogP contribution in [0, 0.1) is 22.7 Å². The van der Waals surface area contributed by atoms with Crippen LogP contribution in [0.5, 0.6) is 0 Å². The van der Waals surface area contributed by atoms with Gasteiger partial charge >= 0.3 is 6.18 Å². The number of alkyl halides is 3. The molecule has 2 aromatic rings. The van der Waals surface area contributed by atoms with Crippen LogP contribution in [-0.4, -0.2) is 44.6 Å². The van der Waals surface area contributed by atoms with Crippen LogP contribution in [0.3, 0.4) is 0 Å². The summed E-state index contributed by atoms with van der Waals surface area (Å²) in [5.74, 6) is -0.413. The summed E-state index contributed by atoms with van der Waals surface area (Å²) in [7, 11) is -8.49. The summed E-state index contributed by atoms with van der Waals surface area (Å²) in [5, 5.41) is 30.5. The van der Waals surface area contributed by atoms with Gasteiger partial charge in [-0.05, 0) is 42.8 Å². The van der Waals surface area contributed by atoms with Crippen molar-refractivity contribution in [3.63, 3.8) is 0 Å². The SMILES string of the molecule is CCS(=O)(=O)c1cc(C#N)ccc1[C@@H]1C(C#N)=C(C)N(c2cccc(C(F)(F)F)c2)C(O)N1S(C)(=O)=O. The number of rotatable bonds is 5. The molecule has 0 saturated carbocycles. The van der Waals surface area contributed by atoms with Gasteiger partial charge in [-0.1, -0.05) is 19.1 Å². The lowest BCUT2D eigenvalue weighted by molar-refractivity contribution is -0.137. The number of anilines is 1. The first-order chi connectivity index (χ1) is 17.1. The van der Waals surface area contributed by atoms with Crippen LogP contribution in [0.25, 0.3) is 0 Å². The molecule has 0 amide bonds. The number of halogens is 3. The summed E-state index contributed by atoms with van der Waals surface area (Å²) >= 11 is 0. The highest BCUT2D eigenvalue weighted by Gasteiger charge is 2.47. The van der Waals surface area contributed by atoms with Gasteiger partial charge < -0.3 is 10.0 Å². The maximum Gasteiger partial charge on any atom is 0.416 e. The minimum Gasteiger partial charge on any atom is -0.360 e. The predicted octanol–water partition coefficient (Wildman–Crippen LogP) is 3.27. The van der Waals surface area contributed by atoms with Crippen molar-refractivity contribution >= 4 is 25.5 Å². The van der Waals surface area contributed by atoms with E-state index in [1.54, 1.807) is 6.07 Å². The van der Waals surface area contributed by atoms with Gasteiger partial charge in [-0.15, -0.1) is 4.31 Å². The molecule has 0 spiro atoms. The lowest BCUT2D eigenvalue weighted by Crippen LogP contribution is -2.55. The van der Waals surface area contributed by atoms with E-state index in [0.29, 0.717) is 16.6 Å². The number of nitrogens with zero attached hydrogens (tertiary/aromatic N) is 4.